The number of likely N-dealkylation sites (tertiary alicyclic amines) is 1. The molecule has 1 aliphatic heterocycles. The maximum Gasteiger partial charge on any atom is 0.305 e. The van der Waals surface area contributed by atoms with Crippen molar-refractivity contribution in [2.24, 2.45) is 0 Å². The highest BCUT2D eigenvalue weighted by atomic mass is 32.1. The predicted octanol–water partition coefficient (Wildman–Crippen LogP) is 3.06. The quantitative estimate of drug-likeness (QED) is 0.640. The number of hydrogen-bond donors (Lipinski definition) is 3. The number of fused-ring (bicyclic) bond motifs is 1. The van der Waals surface area contributed by atoms with Crippen molar-refractivity contribution < 1.29 is 10.2 Å². The molecule has 0 aliphatic carbocycles. The van der Waals surface area contributed by atoms with Gasteiger partial charge in [0.05, 0.1) is 16.3 Å². The second kappa shape index (κ2) is 6.90. The lowest BCUT2D eigenvalue weighted by molar-refractivity contribution is -0.0479. The lowest BCUT2D eigenvalue weighted by Crippen LogP contribution is -2.47. The first kappa shape index (κ1) is 17.9. The first-order chi connectivity index (χ1) is 12.5. The van der Waals surface area contributed by atoms with Crippen LogP contribution in [0.4, 0.5) is 0 Å². The molecule has 2 aromatic heterocycles. The molecule has 4 rings (SSSR count). The Morgan fingerprint density at radius 2 is 2.04 bits per heavy atom. The third kappa shape index (κ3) is 3.25. The van der Waals surface area contributed by atoms with E-state index in [0.717, 1.165) is 45.1 Å². The smallest absolute Gasteiger partial charge is 0.305 e. The Labute approximate surface area is 159 Å². The average molecular weight is 391 g/mol. The van der Waals surface area contributed by atoms with Crippen molar-refractivity contribution in [3.05, 3.63) is 55.8 Å². The predicted molar refractivity (Wildman–Crippen MR) is 106 cm³/mol. The minimum absolute atomic E-state index is 0.0593. The minimum Gasteiger partial charge on any atom is -0.387 e. The third-order valence-corrected chi connectivity index (χ3v) is 7.33. The van der Waals surface area contributed by atoms with Crippen molar-refractivity contribution in [1.82, 2.24) is 9.88 Å². The van der Waals surface area contributed by atoms with Gasteiger partial charge in [0.25, 0.3) is 0 Å². The number of nitrogens with one attached hydrogen (secondary N) is 1. The Hall–Kier alpha value is -1.51. The zero-order valence-electron chi connectivity index (χ0n) is 14.5. The van der Waals surface area contributed by atoms with E-state index in [2.05, 4.69) is 9.88 Å². The molecule has 5 nitrogen and oxygen atoms in total. The highest BCUT2D eigenvalue weighted by molar-refractivity contribution is 7.16. The van der Waals surface area contributed by atoms with Crippen molar-refractivity contribution >= 4 is 32.9 Å². The van der Waals surface area contributed by atoms with Gasteiger partial charge in [-0.25, -0.2) is 0 Å². The summed E-state index contributed by atoms with van der Waals surface area (Å²) in [5, 5.41) is 23.7. The number of thiophene rings is 1. The highest BCUT2D eigenvalue weighted by Gasteiger charge is 2.37. The van der Waals surface area contributed by atoms with Crippen LogP contribution in [-0.4, -0.2) is 39.2 Å². The molecule has 0 spiro atoms. The molecule has 1 fully saturated rings. The van der Waals surface area contributed by atoms with Crippen molar-refractivity contribution in [2.75, 3.05) is 13.1 Å². The topological polar surface area (TPSA) is 76.6 Å². The van der Waals surface area contributed by atoms with E-state index in [4.69, 9.17) is 0 Å². The second-order valence-corrected chi connectivity index (χ2v) is 8.96. The lowest BCUT2D eigenvalue weighted by Gasteiger charge is -2.41. The highest BCUT2D eigenvalue weighted by Crippen LogP contribution is 2.37. The van der Waals surface area contributed by atoms with Crippen LogP contribution >= 0.6 is 22.7 Å². The average Bonchev–Trinajstić information content (AvgIpc) is 3.29. The number of benzene rings is 1. The number of H-pyrrole nitrogens is 1. The summed E-state index contributed by atoms with van der Waals surface area (Å²) in [6.07, 6.45) is 0.705. The first-order valence-corrected chi connectivity index (χ1v) is 10.5. The maximum atomic E-state index is 11.5. The zero-order valence-corrected chi connectivity index (χ0v) is 16.1. The van der Waals surface area contributed by atoms with Crippen molar-refractivity contribution in [2.45, 2.75) is 37.5 Å². The van der Waals surface area contributed by atoms with Crippen molar-refractivity contribution in [3.63, 3.8) is 0 Å². The Kier molecular flexibility index (Phi) is 4.75. The van der Waals surface area contributed by atoms with E-state index in [1.807, 2.05) is 42.6 Å². The molecule has 0 saturated carbocycles. The lowest BCUT2D eigenvalue weighted by atomic mass is 9.88. The first-order valence-electron chi connectivity index (χ1n) is 8.77. The monoisotopic (exact) mass is 390 g/mol. The van der Waals surface area contributed by atoms with Gasteiger partial charge in [-0.3, -0.25) is 9.69 Å². The standard InChI is InChI=1S/C19H22N2O3S2/c1-12(17(22)13-4-5-14-15(11-13)26-18(23)20-14)21-8-6-19(24,7-9-21)16-3-2-10-25-16/h2-5,10-12,17,22,24H,6-9H2,1H3,(H,20,23). The van der Waals surface area contributed by atoms with E-state index in [1.165, 1.54) is 0 Å². The van der Waals surface area contributed by atoms with Crippen LogP contribution in [0.3, 0.4) is 0 Å². The molecule has 3 heterocycles. The van der Waals surface area contributed by atoms with E-state index in [0.29, 0.717) is 12.8 Å². The molecule has 138 valence electrons. The molecule has 26 heavy (non-hydrogen) atoms. The molecule has 0 bridgehead atoms. The van der Waals surface area contributed by atoms with Gasteiger partial charge >= 0.3 is 4.87 Å². The Bertz CT molecular complexity index is 939. The van der Waals surface area contributed by atoms with Gasteiger partial charge in [0.15, 0.2) is 0 Å². The fourth-order valence-corrected chi connectivity index (χ4v) is 5.38. The summed E-state index contributed by atoms with van der Waals surface area (Å²) in [4.78, 5) is 17.4. The molecule has 2 atom stereocenters. The van der Waals surface area contributed by atoms with Gasteiger partial charge in [0, 0.05) is 24.0 Å². The van der Waals surface area contributed by atoms with Crippen LogP contribution in [0.5, 0.6) is 0 Å². The zero-order chi connectivity index (χ0) is 18.3. The third-order valence-electron chi connectivity index (χ3n) is 5.42. The van der Waals surface area contributed by atoms with Gasteiger partial charge in [0.1, 0.15) is 5.60 Å². The number of aliphatic hydroxyl groups is 2. The number of nitrogens with zero attached hydrogens (tertiary/aromatic N) is 1. The molecule has 3 N–H and O–H groups in total. The molecule has 1 saturated heterocycles. The summed E-state index contributed by atoms with van der Waals surface area (Å²) in [7, 11) is 0. The van der Waals surface area contributed by atoms with E-state index in [9.17, 15) is 15.0 Å². The Morgan fingerprint density at radius 3 is 2.73 bits per heavy atom. The summed E-state index contributed by atoms with van der Waals surface area (Å²) in [5.74, 6) is 0. The Morgan fingerprint density at radius 1 is 1.27 bits per heavy atom. The molecule has 1 aromatic carbocycles. The number of hydrogen-bond acceptors (Lipinski definition) is 6. The number of aromatic nitrogens is 1. The van der Waals surface area contributed by atoms with Crippen LogP contribution < -0.4 is 4.87 Å². The molecule has 1 aliphatic rings. The summed E-state index contributed by atoms with van der Waals surface area (Å²) in [6.45, 7) is 3.50. The van der Waals surface area contributed by atoms with E-state index in [-0.39, 0.29) is 10.9 Å². The fraction of sp³-hybridized carbons (Fsp3) is 0.421. The van der Waals surface area contributed by atoms with Gasteiger partial charge in [-0.05, 0) is 48.9 Å². The van der Waals surface area contributed by atoms with Gasteiger partial charge in [0.2, 0.25) is 0 Å². The van der Waals surface area contributed by atoms with E-state index in [1.54, 1.807) is 11.3 Å². The largest absolute Gasteiger partial charge is 0.387 e. The number of piperidine rings is 1. The molecular weight excluding hydrogens is 368 g/mol. The maximum absolute atomic E-state index is 11.5. The second-order valence-electron chi connectivity index (χ2n) is 7.00. The number of rotatable bonds is 4. The van der Waals surface area contributed by atoms with Gasteiger partial charge in [-0.1, -0.05) is 23.5 Å². The molecule has 3 aromatic rings. The van der Waals surface area contributed by atoms with E-state index < -0.39 is 11.7 Å². The van der Waals surface area contributed by atoms with Crippen LogP contribution in [0.1, 0.15) is 36.3 Å². The van der Waals surface area contributed by atoms with Gasteiger partial charge in [-0.15, -0.1) is 11.3 Å². The van der Waals surface area contributed by atoms with Crippen LogP contribution in [0, 0.1) is 0 Å². The number of aliphatic hydroxyl groups excluding tert-OH is 1. The summed E-state index contributed by atoms with van der Waals surface area (Å²) in [5.41, 5.74) is 0.882. The molecule has 0 amide bonds. The molecular formula is C19H22N2O3S2. The summed E-state index contributed by atoms with van der Waals surface area (Å²) < 4.78 is 0.865. The normalized spacial score (nSPS) is 20.3. The van der Waals surface area contributed by atoms with Crippen LogP contribution in [0.15, 0.2) is 40.5 Å². The minimum atomic E-state index is -0.744. The molecule has 2 unspecified atom stereocenters. The summed E-state index contributed by atoms with van der Waals surface area (Å²) >= 11 is 2.76. The number of aromatic amines is 1. The van der Waals surface area contributed by atoms with Crippen LogP contribution in [0.2, 0.25) is 0 Å². The Balaban J connectivity index is 1.47. The van der Waals surface area contributed by atoms with Crippen LogP contribution in [-0.2, 0) is 5.60 Å². The molecule has 0 radical (unpaired) electrons. The molecule has 7 heteroatoms. The van der Waals surface area contributed by atoms with Crippen molar-refractivity contribution in [1.29, 1.82) is 0 Å². The van der Waals surface area contributed by atoms with Crippen molar-refractivity contribution in [3.8, 4) is 0 Å². The van der Waals surface area contributed by atoms with Gasteiger partial charge in [-0.2, -0.15) is 0 Å². The SMILES string of the molecule is CC(C(O)c1ccc2[nH]c(=O)sc2c1)N1CCC(O)(c2cccs2)CC1. The van der Waals surface area contributed by atoms with Gasteiger partial charge < -0.3 is 15.2 Å². The number of thiazole rings is 1. The van der Waals surface area contributed by atoms with E-state index >= 15 is 0 Å². The summed E-state index contributed by atoms with van der Waals surface area (Å²) in [6, 6.07) is 9.53. The fourth-order valence-electron chi connectivity index (χ4n) is 3.72. The van der Waals surface area contributed by atoms with Crippen LogP contribution in [0.25, 0.3) is 10.2 Å².